The van der Waals surface area contributed by atoms with Crippen molar-refractivity contribution in [3.8, 4) is 5.75 Å². The number of hydrogen-bond donors (Lipinski definition) is 1. The Morgan fingerprint density at radius 2 is 2.00 bits per heavy atom. The van der Waals surface area contributed by atoms with Crippen LogP contribution in [0.25, 0.3) is 0 Å². The third kappa shape index (κ3) is 4.35. The molecular weight excluding hydrogens is 326 g/mol. The van der Waals surface area contributed by atoms with Crippen LogP contribution in [0.1, 0.15) is 45.9 Å². The number of methoxy groups -OCH3 is 1. The van der Waals surface area contributed by atoms with Crippen molar-refractivity contribution in [2.45, 2.75) is 26.7 Å². The fraction of sp³-hybridized carbons (Fsp3) is 0.333. The molecule has 0 aliphatic rings. The van der Waals surface area contributed by atoms with Crippen molar-refractivity contribution in [1.82, 2.24) is 0 Å². The molecule has 0 aliphatic heterocycles. The molecule has 1 heterocycles. The Morgan fingerprint density at radius 3 is 2.67 bits per heavy atom. The first-order valence-electron chi connectivity index (χ1n) is 7.84. The molecule has 0 fully saturated rings. The van der Waals surface area contributed by atoms with E-state index in [0.29, 0.717) is 28.5 Å². The van der Waals surface area contributed by atoms with Crippen LogP contribution in [0.4, 0.5) is 5.00 Å². The summed E-state index contributed by atoms with van der Waals surface area (Å²) in [5.41, 5.74) is 0.871. The zero-order valence-electron chi connectivity index (χ0n) is 14.0. The first kappa shape index (κ1) is 18.0. The summed E-state index contributed by atoms with van der Waals surface area (Å²) in [5.74, 6) is -0.104. The van der Waals surface area contributed by atoms with Crippen LogP contribution in [0, 0.1) is 0 Å². The second kappa shape index (κ2) is 8.49. The van der Waals surface area contributed by atoms with E-state index in [0.717, 1.165) is 17.7 Å². The molecule has 128 valence electrons. The van der Waals surface area contributed by atoms with Gasteiger partial charge in [0.15, 0.2) is 0 Å². The molecular formula is C18H21NO4S. The molecule has 0 saturated heterocycles. The van der Waals surface area contributed by atoms with Crippen LogP contribution in [0.3, 0.4) is 0 Å². The number of nitrogens with one attached hydrogen (secondary N) is 1. The Balaban J connectivity index is 2.26. The van der Waals surface area contributed by atoms with Gasteiger partial charge in [0.05, 0.1) is 19.3 Å². The topological polar surface area (TPSA) is 64.6 Å². The molecule has 0 spiro atoms. The van der Waals surface area contributed by atoms with Crippen LogP contribution >= 0.6 is 11.3 Å². The maximum Gasteiger partial charge on any atom is 0.341 e. The first-order chi connectivity index (χ1) is 11.6. The number of esters is 1. The molecule has 1 aromatic heterocycles. The van der Waals surface area contributed by atoms with Gasteiger partial charge in [-0.2, -0.15) is 0 Å². The molecule has 0 aliphatic carbocycles. The van der Waals surface area contributed by atoms with Crippen molar-refractivity contribution in [1.29, 1.82) is 0 Å². The molecule has 24 heavy (non-hydrogen) atoms. The number of ether oxygens (including phenoxy) is 2. The van der Waals surface area contributed by atoms with Gasteiger partial charge in [-0.15, -0.1) is 11.3 Å². The van der Waals surface area contributed by atoms with Crippen LogP contribution in [-0.4, -0.2) is 25.6 Å². The predicted molar refractivity (Wildman–Crippen MR) is 95.2 cm³/mol. The molecule has 0 saturated carbocycles. The Hall–Kier alpha value is -2.34. The molecule has 0 unspecified atom stereocenters. The van der Waals surface area contributed by atoms with Crippen molar-refractivity contribution in [3.05, 3.63) is 46.3 Å². The highest BCUT2D eigenvalue weighted by Crippen LogP contribution is 2.30. The van der Waals surface area contributed by atoms with Crippen LogP contribution < -0.4 is 10.1 Å². The summed E-state index contributed by atoms with van der Waals surface area (Å²) in [7, 11) is 1.55. The molecule has 1 amide bonds. The van der Waals surface area contributed by atoms with Crippen molar-refractivity contribution < 1.29 is 19.1 Å². The Bertz CT molecular complexity index is 724. The summed E-state index contributed by atoms with van der Waals surface area (Å²) < 4.78 is 10.2. The molecule has 0 radical (unpaired) electrons. The smallest absolute Gasteiger partial charge is 0.341 e. The quantitative estimate of drug-likeness (QED) is 0.765. The predicted octanol–water partition coefficient (Wildman–Crippen LogP) is 4.14. The lowest BCUT2D eigenvalue weighted by Gasteiger charge is -2.07. The summed E-state index contributed by atoms with van der Waals surface area (Å²) in [4.78, 5) is 25.6. The normalized spacial score (nSPS) is 10.3. The highest BCUT2D eigenvalue weighted by molar-refractivity contribution is 7.16. The van der Waals surface area contributed by atoms with Gasteiger partial charge in [0, 0.05) is 10.4 Å². The van der Waals surface area contributed by atoms with Crippen molar-refractivity contribution >= 4 is 28.2 Å². The van der Waals surface area contributed by atoms with E-state index in [4.69, 9.17) is 9.47 Å². The van der Waals surface area contributed by atoms with E-state index in [9.17, 15) is 9.59 Å². The SMILES string of the molecule is CCCc1cc(C(=O)OCC)c(NC(=O)c2cccc(OC)c2)s1. The molecule has 2 rings (SSSR count). The van der Waals surface area contributed by atoms with Gasteiger partial charge in [-0.3, -0.25) is 4.79 Å². The van der Waals surface area contributed by atoms with Crippen molar-refractivity contribution in [2.24, 2.45) is 0 Å². The second-order valence-corrected chi connectivity index (χ2v) is 6.25. The van der Waals surface area contributed by atoms with E-state index in [1.807, 2.05) is 0 Å². The minimum absolute atomic E-state index is 0.288. The summed E-state index contributed by atoms with van der Waals surface area (Å²) in [6.07, 6.45) is 1.82. The highest BCUT2D eigenvalue weighted by atomic mass is 32.1. The second-order valence-electron chi connectivity index (χ2n) is 5.11. The number of carbonyl (C=O) groups excluding carboxylic acids is 2. The number of amides is 1. The van der Waals surface area contributed by atoms with Gasteiger partial charge in [-0.1, -0.05) is 19.4 Å². The average Bonchev–Trinajstić information content (AvgIpc) is 2.98. The highest BCUT2D eigenvalue weighted by Gasteiger charge is 2.19. The van der Waals surface area contributed by atoms with Gasteiger partial charge in [-0.25, -0.2) is 4.79 Å². The largest absolute Gasteiger partial charge is 0.497 e. The van der Waals surface area contributed by atoms with E-state index in [1.54, 1.807) is 44.4 Å². The van der Waals surface area contributed by atoms with E-state index in [-0.39, 0.29) is 5.91 Å². The number of hydrogen-bond acceptors (Lipinski definition) is 5. The van der Waals surface area contributed by atoms with Crippen molar-refractivity contribution in [3.63, 3.8) is 0 Å². The van der Waals surface area contributed by atoms with Crippen LogP contribution in [0.2, 0.25) is 0 Å². The minimum Gasteiger partial charge on any atom is -0.497 e. The number of aryl methyl sites for hydroxylation is 1. The van der Waals surface area contributed by atoms with Crippen LogP contribution in [-0.2, 0) is 11.2 Å². The van der Waals surface area contributed by atoms with E-state index in [2.05, 4.69) is 12.2 Å². The Labute approximate surface area is 145 Å². The summed E-state index contributed by atoms with van der Waals surface area (Å²) in [6, 6.07) is 8.66. The number of rotatable bonds is 7. The van der Waals surface area contributed by atoms with Gasteiger partial charge in [0.25, 0.3) is 5.91 Å². The molecule has 2 aromatic rings. The lowest BCUT2D eigenvalue weighted by molar-refractivity contribution is 0.0528. The lowest BCUT2D eigenvalue weighted by atomic mass is 10.2. The molecule has 6 heteroatoms. The maximum absolute atomic E-state index is 12.5. The number of anilines is 1. The molecule has 1 N–H and O–H groups in total. The molecule has 0 atom stereocenters. The zero-order chi connectivity index (χ0) is 17.5. The molecule has 5 nitrogen and oxygen atoms in total. The van der Waals surface area contributed by atoms with Crippen molar-refractivity contribution in [2.75, 3.05) is 19.0 Å². The minimum atomic E-state index is -0.419. The lowest BCUT2D eigenvalue weighted by Crippen LogP contribution is -2.14. The van der Waals surface area contributed by atoms with Gasteiger partial charge in [0.2, 0.25) is 0 Å². The van der Waals surface area contributed by atoms with E-state index < -0.39 is 5.97 Å². The first-order valence-corrected chi connectivity index (χ1v) is 8.65. The third-order valence-corrected chi connectivity index (χ3v) is 4.44. The standard InChI is InChI=1S/C18H21NO4S/c1-4-7-14-11-15(18(21)23-5-2)17(24-14)19-16(20)12-8-6-9-13(10-12)22-3/h6,8-11H,4-5,7H2,1-3H3,(H,19,20). The van der Waals surface area contributed by atoms with Gasteiger partial charge >= 0.3 is 5.97 Å². The summed E-state index contributed by atoms with van der Waals surface area (Å²) in [5, 5.41) is 3.34. The zero-order valence-corrected chi connectivity index (χ0v) is 14.9. The molecule has 0 bridgehead atoms. The monoisotopic (exact) mass is 347 g/mol. The number of carbonyl (C=O) groups is 2. The number of benzene rings is 1. The van der Waals surface area contributed by atoms with Gasteiger partial charge in [-0.05, 0) is 37.6 Å². The fourth-order valence-electron chi connectivity index (χ4n) is 2.20. The Morgan fingerprint density at radius 1 is 1.21 bits per heavy atom. The number of thiophene rings is 1. The van der Waals surface area contributed by atoms with Crippen LogP contribution in [0.5, 0.6) is 5.75 Å². The van der Waals surface area contributed by atoms with E-state index in [1.165, 1.54) is 11.3 Å². The van der Waals surface area contributed by atoms with Gasteiger partial charge in [0.1, 0.15) is 10.8 Å². The van der Waals surface area contributed by atoms with Gasteiger partial charge < -0.3 is 14.8 Å². The maximum atomic E-state index is 12.5. The molecule has 1 aromatic carbocycles. The Kier molecular flexibility index (Phi) is 6.37. The average molecular weight is 347 g/mol. The summed E-state index contributed by atoms with van der Waals surface area (Å²) in [6.45, 7) is 4.12. The fourth-order valence-corrected chi connectivity index (χ4v) is 3.35. The van der Waals surface area contributed by atoms with Crippen LogP contribution in [0.15, 0.2) is 30.3 Å². The van der Waals surface area contributed by atoms with E-state index >= 15 is 0 Å². The summed E-state index contributed by atoms with van der Waals surface area (Å²) >= 11 is 1.41. The third-order valence-electron chi connectivity index (χ3n) is 3.33.